The molecule has 3 nitrogen and oxygen atoms in total. The fourth-order valence-electron chi connectivity index (χ4n) is 2.31. The van der Waals surface area contributed by atoms with Gasteiger partial charge in [-0.15, -0.1) is 0 Å². The smallest absolute Gasteiger partial charge is 0.0702 e. The summed E-state index contributed by atoms with van der Waals surface area (Å²) in [5, 5.41) is 11.8. The van der Waals surface area contributed by atoms with Gasteiger partial charge in [-0.05, 0) is 23.8 Å². The van der Waals surface area contributed by atoms with Crippen LogP contribution in [0.5, 0.6) is 0 Å². The van der Waals surface area contributed by atoms with Crippen LogP contribution < -0.4 is 0 Å². The van der Waals surface area contributed by atoms with Gasteiger partial charge in [0.1, 0.15) is 0 Å². The molecule has 0 spiro atoms. The second-order valence-corrected chi connectivity index (χ2v) is 5.41. The van der Waals surface area contributed by atoms with Crippen LogP contribution in [0.25, 0.3) is 10.9 Å². The Kier molecular flexibility index (Phi) is 3.66. The second-order valence-electron chi connectivity index (χ2n) is 4.57. The van der Waals surface area contributed by atoms with Crippen molar-refractivity contribution in [2.45, 2.75) is 13.2 Å². The standard InChI is InChI=1S/C15H12Cl2N2O/c16-12-1-2-13-11(9-20)8-19(15(13)5-12)7-10-3-4-18-6-14(10)17/h1-6,8,20H,7,9H2. The molecule has 0 bridgehead atoms. The number of benzene rings is 1. The molecule has 0 aliphatic rings. The van der Waals surface area contributed by atoms with Gasteiger partial charge in [0.15, 0.2) is 0 Å². The Morgan fingerprint density at radius 2 is 2.00 bits per heavy atom. The second kappa shape index (κ2) is 5.44. The highest BCUT2D eigenvalue weighted by atomic mass is 35.5. The van der Waals surface area contributed by atoms with Crippen LogP contribution in [0, 0.1) is 0 Å². The topological polar surface area (TPSA) is 38.0 Å². The molecule has 0 fully saturated rings. The van der Waals surface area contributed by atoms with Crippen molar-refractivity contribution >= 4 is 34.1 Å². The minimum Gasteiger partial charge on any atom is -0.392 e. The van der Waals surface area contributed by atoms with Crippen LogP contribution in [0.3, 0.4) is 0 Å². The molecule has 20 heavy (non-hydrogen) atoms. The van der Waals surface area contributed by atoms with Crippen LogP contribution in [0.4, 0.5) is 0 Å². The number of rotatable bonds is 3. The van der Waals surface area contributed by atoms with E-state index in [0.717, 1.165) is 22.0 Å². The van der Waals surface area contributed by atoms with Gasteiger partial charge in [0.05, 0.1) is 17.1 Å². The molecule has 0 amide bonds. The van der Waals surface area contributed by atoms with Crippen molar-refractivity contribution < 1.29 is 5.11 Å². The number of nitrogens with zero attached hydrogens (tertiary/aromatic N) is 2. The molecule has 0 aliphatic heterocycles. The highest BCUT2D eigenvalue weighted by Crippen LogP contribution is 2.26. The van der Waals surface area contributed by atoms with E-state index in [9.17, 15) is 5.11 Å². The molecule has 3 rings (SSSR count). The zero-order valence-corrected chi connectivity index (χ0v) is 12.1. The van der Waals surface area contributed by atoms with Crippen molar-refractivity contribution in [2.75, 3.05) is 0 Å². The van der Waals surface area contributed by atoms with Crippen LogP contribution in [-0.4, -0.2) is 14.7 Å². The largest absolute Gasteiger partial charge is 0.392 e. The molecule has 1 aromatic carbocycles. The molecular weight excluding hydrogens is 295 g/mol. The Morgan fingerprint density at radius 1 is 1.15 bits per heavy atom. The zero-order valence-electron chi connectivity index (χ0n) is 10.6. The summed E-state index contributed by atoms with van der Waals surface area (Å²) in [5.41, 5.74) is 2.83. The van der Waals surface area contributed by atoms with Gasteiger partial charge < -0.3 is 9.67 Å². The molecule has 0 saturated heterocycles. The summed E-state index contributed by atoms with van der Waals surface area (Å²) in [5.74, 6) is 0. The summed E-state index contributed by atoms with van der Waals surface area (Å²) in [7, 11) is 0. The maximum atomic E-state index is 9.46. The van der Waals surface area contributed by atoms with Crippen molar-refractivity contribution in [3.63, 3.8) is 0 Å². The molecule has 0 atom stereocenters. The first kappa shape index (κ1) is 13.4. The number of hydrogen-bond donors (Lipinski definition) is 1. The van der Waals surface area contributed by atoms with Crippen molar-refractivity contribution in [2.24, 2.45) is 0 Å². The number of aromatic nitrogens is 2. The molecule has 2 heterocycles. The summed E-state index contributed by atoms with van der Waals surface area (Å²) < 4.78 is 2.04. The Morgan fingerprint density at radius 3 is 2.75 bits per heavy atom. The lowest BCUT2D eigenvalue weighted by molar-refractivity contribution is 0.283. The van der Waals surface area contributed by atoms with E-state index in [1.54, 1.807) is 12.4 Å². The quantitative estimate of drug-likeness (QED) is 0.797. The van der Waals surface area contributed by atoms with Gasteiger partial charge in [-0.25, -0.2) is 0 Å². The van der Waals surface area contributed by atoms with Crippen LogP contribution >= 0.6 is 23.2 Å². The predicted octanol–water partition coefficient (Wildman–Crippen LogP) is 3.88. The van der Waals surface area contributed by atoms with Gasteiger partial charge in [-0.3, -0.25) is 4.98 Å². The van der Waals surface area contributed by atoms with E-state index in [0.29, 0.717) is 16.6 Å². The molecule has 0 saturated carbocycles. The van der Waals surface area contributed by atoms with Gasteiger partial charge in [0.25, 0.3) is 0 Å². The Hall–Kier alpha value is -1.55. The molecule has 0 unspecified atom stereocenters. The number of aliphatic hydroxyl groups excluding tert-OH is 1. The average molecular weight is 307 g/mol. The normalized spacial score (nSPS) is 11.2. The Bertz CT molecular complexity index is 768. The fraction of sp³-hybridized carbons (Fsp3) is 0.133. The lowest BCUT2D eigenvalue weighted by Crippen LogP contribution is -1.99. The first-order valence-corrected chi connectivity index (χ1v) is 6.91. The summed E-state index contributed by atoms with van der Waals surface area (Å²) in [6.07, 6.45) is 5.27. The summed E-state index contributed by atoms with van der Waals surface area (Å²) in [4.78, 5) is 3.98. The minimum atomic E-state index is -0.00475. The third-order valence-electron chi connectivity index (χ3n) is 3.29. The van der Waals surface area contributed by atoms with Crippen LogP contribution in [0.2, 0.25) is 10.0 Å². The highest BCUT2D eigenvalue weighted by molar-refractivity contribution is 6.31. The van der Waals surface area contributed by atoms with Crippen molar-refractivity contribution in [3.8, 4) is 0 Å². The molecule has 5 heteroatoms. The van der Waals surface area contributed by atoms with E-state index in [1.807, 2.05) is 35.0 Å². The van der Waals surface area contributed by atoms with Crippen LogP contribution in [0.1, 0.15) is 11.1 Å². The number of pyridine rings is 1. The molecular formula is C15H12Cl2N2O. The first-order chi connectivity index (χ1) is 9.69. The fourth-order valence-corrected chi connectivity index (χ4v) is 2.66. The van der Waals surface area contributed by atoms with Crippen molar-refractivity contribution in [1.29, 1.82) is 0 Å². The van der Waals surface area contributed by atoms with E-state index >= 15 is 0 Å². The van der Waals surface area contributed by atoms with Crippen LogP contribution in [0.15, 0.2) is 42.9 Å². The molecule has 0 radical (unpaired) electrons. The SMILES string of the molecule is OCc1cn(Cc2ccncc2Cl)c2cc(Cl)ccc12. The third kappa shape index (κ3) is 2.40. The van der Waals surface area contributed by atoms with Gasteiger partial charge in [-0.1, -0.05) is 29.3 Å². The summed E-state index contributed by atoms with van der Waals surface area (Å²) in [6.45, 7) is 0.605. The maximum absolute atomic E-state index is 9.46. The van der Waals surface area contributed by atoms with E-state index in [1.165, 1.54) is 0 Å². The van der Waals surface area contributed by atoms with Gasteiger partial charge in [-0.2, -0.15) is 0 Å². The summed E-state index contributed by atoms with van der Waals surface area (Å²) >= 11 is 12.2. The van der Waals surface area contributed by atoms with Crippen molar-refractivity contribution in [3.05, 3.63) is 64.0 Å². The van der Waals surface area contributed by atoms with Gasteiger partial charge >= 0.3 is 0 Å². The van der Waals surface area contributed by atoms with Crippen molar-refractivity contribution in [1.82, 2.24) is 9.55 Å². The zero-order chi connectivity index (χ0) is 14.1. The van der Waals surface area contributed by atoms with E-state index in [4.69, 9.17) is 23.2 Å². The van der Waals surface area contributed by atoms with Gasteiger partial charge in [0, 0.05) is 41.1 Å². The van der Waals surface area contributed by atoms with E-state index < -0.39 is 0 Å². The molecule has 0 aliphatic carbocycles. The average Bonchev–Trinajstić information content (AvgIpc) is 2.79. The number of halogens is 2. The third-order valence-corrected chi connectivity index (χ3v) is 3.87. The van der Waals surface area contributed by atoms with Gasteiger partial charge in [0.2, 0.25) is 0 Å². The first-order valence-electron chi connectivity index (χ1n) is 6.15. The Balaban J connectivity index is 2.12. The minimum absolute atomic E-state index is 0.00475. The summed E-state index contributed by atoms with van der Waals surface area (Å²) in [6, 6.07) is 7.53. The van der Waals surface area contributed by atoms with Crippen LogP contribution in [-0.2, 0) is 13.2 Å². The monoisotopic (exact) mass is 306 g/mol. The highest BCUT2D eigenvalue weighted by Gasteiger charge is 2.10. The molecule has 2 aromatic heterocycles. The van der Waals surface area contributed by atoms with E-state index in [2.05, 4.69) is 4.98 Å². The number of hydrogen-bond acceptors (Lipinski definition) is 2. The molecule has 102 valence electrons. The predicted molar refractivity (Wildman–Crippen MR) is 81.2 cm³/mol. The number of aliphatic hydroxyl groups is 1. The molecule has 3 aromatic rings. The lowest BCUT2D eigenvalue weighted by Gasteiger charge is -2.07. The number of fused-ring (bicyclic) bond motifs is 1. The molecule has 1 N–H and O–H groups in total. The Labute approximate surface area is 126 Å². The lowest BCUT2D eigenvalue weighted by atomic mass is 10.2. The van der Waals surface area contributed by atoms with E-state index in [-0.39, 0.29) is 6.61 Å². The maximum Gasteiger partial charge on any atom is 0.0702 e.